The Bertz CT molecular complexity index is 120. The summed E-state index contributed by atoms with van der Waals surface area (Å²) in [5.41, 5.74) is 0. The van der Waals surface area contributed by atoms with Crippen molar-refractivity contribution in [3.8, 4) is 0 Å². The molecule has 0 heterocycles. The Labute approximate surface area is 69.4 Å². The van der Waals surface area contributed by atoms with E-state index in [-0.39, 0.29) is 17.6 Å². The second-order valence-corrected chi connectivity index (χ2v) is 16.8. The number of halogens is 1. The van der Waals surface area contributed by atoms with Gasteiger partial charge in [-0.1, -0.05) is 0 Å². The molecule has 0 aliphatic carbocycles. The second-order valence-electron chi connectivity index (χ2n) is 2.12. The van der Waals surface area contributed by atoms with Crippen molar-refractivity contribution < 1.29 is 22.4 Å². The standard InChI is InChI=1S/C5H13OP.Au.ClH/c1-4-6-5-7(2)3;;/h4-5H2,1-3H3;;1H/q;+1;/p-1. The van der Waals surface area contributed by atoms with Gasteiger partial charge in [-0.25, -0.2) is 0 Å². The van der Waals surface area contributed by atoms with Gasteiger partial charge in [0.1, 0.15) is 0 Å². The molecule has 0 N–H and O–H groups in total. The molecule has 0 aromatic heterocycles. The molecule has 4 heteroatoms. The monoisotopic (exact) mass is 352 g/mol. The predicted octanol–water partition coefficient (Wildman–Crippen LogP) is 2.41. The Morgan fingerprint density at radius 2 is 2.11 bits per heavy atom. The molecule has 0 rings (SSSR count). The van der Waals surface area contributed by atoms with Crippen molar-refractivity contribution in [2.24, 2.45) is 0 Å². The summed E-state index contributed by atoms with van der Waals surface area (Å²) in [6.07, 6.45) is 0.911. The van der Waals surface area contributed by atoms with E-state index in [9.17, 15) is 0 Å². The zero-order chi connectivity index (χ0) is 7.33. The topological polar surface area (TPSA) is 9.23 Å². The molecule has 0 saturated carbocycles. The molecule has 0 fully saturated rings. The second kappa shape index (κ2) is 5.12. The molecule has 0 atom stereocenters. The van der Waals surface area contributed by atoms with Gasteiger partial charge in [0.15, 0.2) is 0 Å². The summed E-state index contributed by atoms with van der Waals surface area (Å²) >= 11 is 0.00721. The van der Waals surface area contributed by atoms with Crippen LogP contribution in [0.15, 0.2) is 0 Å². The molecule has 0 aromatic rings. The summed E-state index contributed by atoms with van der Waals surface area (Å²) in [4.78, 5) is 0. The van der Waals surface area contributed by atoms with E-state index in [1.807, 2.05) is 6.92 Å². The molecule has 9 heavy (non-hydrogen) atoms. The van der Waals surface area contributed by atoms with Crippen LogP contribution in [-0.2, 0) is 22.4 Å². The molecule has 0 aromatic carbocycles. The van der Waals surface area contributed by atoms with Crippen molar-refractivity contribution in [3.05, 3.63) is 0 Å². The maximum atomic E-state index is 5.80. The first-order chi connectivity index (χ1) is 4.12. The van der Waals surface area contributed by atoms with E-state index < -0.39 is 4.69 Å². The molecule has 0 radical (unpaired) electrons. The van der Waals surface area contributed by atoms with Gasteiger partial charge in [-0.15, -0.1) is 0 Å². The van der Waals surface area contributed by atoms with Crippen molar-refractivity contribution in [1.82, 2.24) is 0 Å². The third kappa shape index (κ3) is 5.84. The summed E-state index contributed by atoms with van der Waals surface area (Å²) in [6, 6.07) is 0. The van der Waals surface area contributed by atoms with Gasteiger partial charge in [-0.3, -0.25) is 0 Å². The van der Waals surface area contributed by atoms with Gasteiger partial charge >= 0.3 is 69.5 Å². The van der Waals surface area contributed by atoms with Crippen LogP contribution in [0.1, 0.15) is 6.92 Å². The van der Waals surface area contributed by atoms with E-state index in [1.54, 1.807) is 0 Å². The van der Waals surface area contributed by atoms with Gasteiger partial charge < -0.3 is 0 Å². The number of ether oxygens (including phenoxy) is 1. The van der Waals surface area contributed by atoms with E-state index in [0.717, 1.165) is 13.0 Å². The van der Waals surface area contributed by atoms with Crippen LogP contribution in [0, 0.1) is 0 Å². The molecule has 0 bridgehead atoms. The summed E-state index contributed by atoms with van der Waals surface area (Å²) in [5.74, 6) is 0. The minimum absolute atomic E-state index is 0.00721. The molecule has 0 aliphatic heterocycles. The van der Waals surface area contributed by atoms with E-state index in [1.165, 1.54) is 0 Å². The zero-order valence-corrected chi connectivity index (χ0v) is 9.77. The van der Waals surface area contributed by atoms with Crippen LogP contribution in [0.5, 0.6) is 0 Å². The summed E-state index contributed by atoms with van der Waals surface area (Å²) in [7, 11) is 5.80. The van der Waals surface area contributed by atoms with E-state index in [2.05, 4.69) is 13.3 Å². The molecule has 1 nitrogen and oxygen atoms in total. The van der Waals surface area contributed by atoms with Crippen LogP contribution >= 0.6 is 13.9 Å². The van der Waals surface area contributed by atoms with Crippen LogP contribution in [-0.4, -0.2) is 26.3 Å². The Balaban J connectivity index is 3.60. The molecule has 0 aliphatic rings. The van der Waals surface area contributed by atoms with Crippen LogP contribution in [0.2, 0.25) is 0 Å². The van der Waals surface area contributed by atoms with Gasteiger partial charge in [0.05, 0.1) is 0 Å². The molecule has 62 valence electrons. The average molecular weight is 353 g/mol. The van der Waals surface area contributed by atoms with Crippen molar-refractivity contribution in [1.29, 1.82) is 0 Å². The third-order valence-electron chi connectivity index (χ3n) is 0.731. The van der Waals surface area contributed by atoms with Crippen molar-refractivity contribution in [3.63, 3.8) is 0 Å². The van der Waals surface area contributed by atoms with Crippen LogP contribution < -0.4 is 0 Å². The van der Waals surface area contributed by atoms with Crippen LogP contribution in [0.4, 0.5) is 0 Å². The van der Waals surface area contributed by atoms with E-state index in [0.29, 0.717) is 0 Å². The van der Waals surface area contributed by atoms with Crippen LogP contribution in [0.25, 0.3) is 0 Å². The Morgan fingerprint density at radius 1 is 1.56 bits per heavy atom. The first-order valence-corrected chi connectivity index (χ1v) is 11.0. The van der Waals surface area contributed by atoms with E-state index >= 15 is 0 Å². The first-order valence-electron chi connectivity index (χ1n) is 2.74. The quantitative estimate of drug-likeness (QED) is 0.560. The van der Waals surface area contributed by atoms with E-state index in [4.69, 9.17) is 13.9 Å². The van der Waals surface area contributed by atoms with Gasteiger partial charge in [0.2, 0.25) is 0 Å². The molecular weight excluding hydrogens is 339 g/mol. The van der Waals surface area contributed by atoms with Crippen molar-refractivity contribution in [2.45, 2.75) is 6.92 Å². The molecular formula is C5H13AuClOP. The Kier molecular flexibility index (Phi) is 5.93. The predicted molar refractivity (Wildman–Crippen MR) is 41.1 cm³/mol. The first kappa shape index (κ1) is 10.4. The summed E-state index contributed by atoms with van der Waals surface area (Å²) in [6.45, 7) is 7.33. The van der Waals surface area contributed by atoms with Crippen LogP contribution in [0.3, 0.4) is 0 Å². The maximum absolute atomic E-state index is 5.80. The Morgan fingerprint density at radius 3 is 2.44 bits per heavy atom. The average Bonchev–Trinajstić information content (AvgIpc) is 1.84. The number of hydrogen-bond acceptors (Lipinski definition) is 1. The fraction of sp³-hybridized carbons (Fsp3) is 1.00. The van der Waals surface area contributed by atoms with Gasteiger partial charge in [-0.05, 0) is 0 Å². The molecule has 0 spiro atoms. The third-order valence-corrected chi connectivity index (χ3v) is 12.4. The number of hydrogen-bond donors (Lipinski definition) is 0. The van der Waals surface area contributed by atoms with Gasteiger partial charge in [0.25, 0.3) is 0 Å². The zero-order valence-electron chi connectivity index (χ0n) is 5.95. The fourth-order valence-electron chi connectivity index (χ4n) is 0.316. The Hall–Kier alpha value is 1.42. The van der Waals surface area contributed by atoms with Gasteiger partial charge in [0, 0.05) is 0 Å². The summed E-state index contributed by atoms with van der Waals surface area (Å²) in [5, 5.41) is 0. The SMILES string of the molecule is CCOC[P](C)(C)=[Au][Cl]. The van der Waals surface area contributed by atoms with Crippen molar-refractivity contribution >= 4 is 13.9 Å². The van der Waals surface area contributed by atoms with Crippen molar-refractivity contribution in [2.75, 3.05) is 26.3 Å². The minimum atomic E-state index is -0.800. The normalized spacial score (nSPS) is 12.4. The molecule has 0 unspecified atom stereocenters. The summed E-state index contributed by atoms with van der Waals surface area (Å²) < 4.78 is 4.48. The fourth-order valence-corrected chi connectivity index (χ4v) is 2.58. The number of rotatable bonds is 3. The molecule has 0 amide bonds. The molecule has 0 saturated heterocycles. The van der Waals surface area contributed by atoms with Gasteiger partial charge in [-0.2, -0.15) is 0 Å².